The Labute approximate surface area is 117 Å². The second-order valence-corrected chi connectivity index (χ2v) is 5.60. The van der Waals surface area contributed by atoms with E-state index in [1.807, 2.05) is 20.8 Å². The van der Waals surface area contributed by atoms with Crippen molar-refractivity contribution in [3.8, 4) is 0 Å². The molecule has 0 radical (unpaired) electrons. The number of rotatable bonds is 3. The molecule has 1 saturated heterocycles. The number of amides is 3. The number of urea groups is 1. The number of ether oxygens (including phenoxy) is 1. The number of carboxylic acid groups (broad SMARTS) is 1. The molecule has 0 spiro atoms. The van der Waals surface area contributed by atoms with Crippen LogP contribution in [0.15, 0.2) is 0 Å². The third kappa shape index (κ3) is 5.43. The zero-order chi connectivity index (χ0) is 15.3. The summed E-state index contributed by atoms with van der Waals surface area (Å²) in [5.41, 5.74) is -0.366. The van der Waals surface area contributed by atoms with Crippen LogP contribution in [0.1, 0.15) is 20.8 Å². The van der Waals surface area contributed by atoms with E-state index in [-0.39, 0.29) is 31.1 Å². The molecule has 20 heavy (non-hydrogen) atoms. The lowest BCUT2D eigenvalue weighted by atomic mass is 10.1. The first kappa shape index (κ1) is 16.2. The molecular formula is C12H21N3O5. The molecule has 8 nitrogen and oxygen atoms in total. The van der Waals surface area contributed by atoms with Crippen LogP contribution in [-0.4, -0.2) is 65.8 Å². The second-order valence-electron chi connectivity index (χ2n) is 5.60. The minimum absolute atomic E-state index is 0.0257. The quantitative estimate of drug-likeness (QED) is 0.642. The molecule has 1 aliphatic rings. The highest BCUT2D eigenvalue weighted by atomic mass is 16.5. The SMILES string of the molecule is CC(C)(C)NC(=O)CNC(=O)N1CCOC(C(=O)O)C1. The predicted molar refractivity (Wildman–Crippen MR) is 70.2 cm³/mol. The Hall–Kier alpha value is -1.83. The summed E-state index contributed by atoms with van der Waals surface area (Å²) < 4.78 is 5.01. The largest absolute Gasteiger partial charge is 0.479 e. The smallest absolute Gasteiger partial charge is 0.334 e. The summed E-state index contributed by atoms with van der Waals surface area (Å²) in [7, 11) is 0. The maximum absolute atomic E-state index is 11.8. The molecule has 0 bridgehead atoms. The molecule has 1 fully saturated rings. The molecule has 8 heteroatoms. The lowest BCUT2D eigenvalue weighted by molar-refractivity contribution is -0.154. The molecule has 1 atom stereocenters. The van der Waals surface area contributed by atoms with Crippen molar-refractivity contribution in [1.29, 1.82) is 0 Å². The minimum atomic E-state index is -1.10. The monoisotopic (exact) mass is 287 g/mol. The molecule has 3 amide bonds. The highest BCUT2D eigenvalue weighted by Crippen LogP contribution is 2.05. The molecule has 114 valence electrons. The van der Waals surface area contributed by atoms with Gasteiger partial charge in [0.1, 0.15) is 0 Å². The van der Waals surface area contributed by atoms with Gasteiger partial charge in [-0.1, -0.05) is 0 Å². The summed E-state index contributed by atoms with van der Waals surface area (Å²) in [6, 6.07) is -0.469. The van der Waals surface area contributed by atoms with E-state index in [4.69, 9.17) is 9.84 Å². The highest BCUT2D eigenvalue weighted by molar-refractivity contribution is 5.84. The lowest BCUT2D eigenvalue weighted by Gasteiger charge is -2.31. The lowest BCUT2D eigenvalue weighted by Crippen LogP contribution is -2.53. The van der Waals surface area contributed by atoms with E-state index in [0.717, 1.165) is 0 Å². The molecule has 0 aliphatic carbocycles. The van der Waals surface area contributed by atoms with E-state index in [9.17, 15) is 14.4 Å². The van der Waals surface area contributed by atoms with Crippen molar-refractivity contribution in [2.75, 3.05) is 26.2 Å². The highest BCUT2D eigenvalue weighted by Gasteiger charge is 2.29. The normalized spacial score (nSPS) is 19.4. The van der Waals surface area contributed by atoms with Gasteiger partial charge in [0.25, 0.3) is 0 Å². The Balaban J connectivity index is 2.39. The number of nitrogens with one attached hydrogen (secondary N) is 2. The van der Waals surface area contributed by atoms with Crippen molar-refractivity contribution >= 4 is 17.9 Å². The van der Waals surface area contributed by atoms with Crippen LogP contribution in [0.5, 0.6) is 0 Å². The number of aliphatic carboxylic acids is 1. The van der Waals surface area contributed by atoms with Crippen LogP contribution in [0.3, 0.4) is 0 Å². The molecule has 1 rings (SSSR count). The maximum atomic E-state index is 11.8. The molecule has 1 unspecified atom stereocenters. The number of carbonyl (C=O) groups excluding carboxylic acids is 2. The zero-order valence-corrected chi connectivity index (χ0v) is 11.9. The van der Waals surface area contributed by atoms with E-state index >= 15 is 0 Å². The summed E-state index contributed by atoms with van der Waals surface area (Å²) in [6.07, 6.45) is -1.02. The molecule has 0 aromatic carbocycles. The number of carbonyl (C=O) groups is 3. The van der Waals surface area contributed by atoms with Gasteiger partial charge in [0.2, 0.25) is 5.91 Å². The number of hydrogen-bond acceptors (Lipinski definition) is 4. The third-order valence-corrected chi connectivity index (χ3v) is 2.54. The first-order valence-electron chi connectivity index (χ1n) is 6.37. The standard InChI is InChI=1S/C12H21N3O5/c1-12(2,3)14-9(16)6-13-11(19)15-4-5-20-8(7-15)10(17)18/h8H,4-7H2,1-3H3,(H,13,19)(H,14,16)(H,17,18). The van der Waals surface area contributed by atoms with Crippen LogP contribution in [0.25, 0.3) is 0 Å². The van der Waals surface area contributed by atoms with Crippen molar-refractivity contribution in [2.45, 2.75) is 32.4 Å². The molecule has 0 saturated carbocycles. The first-order valence-corrected chi connectivity index (χ1v) is 6.37. The van der Waals surface area contributed by atoms with Gasteiger partial charge in [0.15, 0.2) is 6.10 Å². The van der Waals surface area contributed by atoms with Crippen LogP contribution in [0.2, 0.25) is 0 Å². The fourth-order valence-corrected chi connectivity index (χ4v) is 1.71. The Bertz CT molecular complexity index is 391. The predicted octanol–water partition coefficient (Wildman–Crippen LogP) is -0.604. The Morgan fingerprint density at radius 2 is 2.00 bits per heavy atom. The molecular weight excluding hydrogens is 266 g/mol. The van der Waals surface area contributed by atoms with Crippen LogP contribution in [-0.2, 0) is 14.3 Å². The number of hydrogen-bond donors (Lipinski definition) is 3. The summed E-state index contributed by atoms with van der Waals surface area (Å²) in [5, 5.41) is 14.0. The number of nitrogens with zero attached hydrogens (tertiary/aromatic N) is 1. The van der Waals surface area contributed by atoms with E-state index < -0.39 is 18.1 Å². The number of morpholine rings is 1. The Morgan fingerprint density at radius 3 is 2.55 bits per heavy atom. The summed E-state index contributed by atoms with van der Waals surface area (Å²) in [5.74, 6) is -1.40. The van der Waals surface area contributed by atoms with Crippen LogP contribution < -0.4 is 10.6 Å². The molecule has 1 aliphatic heterocycles. The van der Waals surface area contributed by atoms with E-state index in [1.165, 1.54) is 4.90 Å². The van der Waals surface area contributed by atoms with Gasteiger partial charge < -0.3 is 25.4 Å². The van der Waals surface area contributed by atoms with E-state index in [2.05, 4.69) is 10.6 Å². The second kappa shape index (κ2) is 6.56. The zero-order valence-electron chi connectivity index (χ0n) is 11.9. The van der Waals surface area contributed by atoms with Gasteiger partial charge >= 0.3 is 12.0 Å². The maximum Gasteiger partial charge on any atom is 0.334 e. The van der Waals surface area contributed by atoms with Crippen molar-refractivity contribution in [3.63, 3.8) is 0 Å². The number of carboxylic acids is 1. The Morgan fingerprint density at radius 1 is 1.35 bits per heavy atom. The van der Waals surface area contributed by atoms with Gasteiger partial charge in [0, 0.05) is 12.1 Å². The molecule has 0 aromatic heterocycles. The van der Waals surface area contributed by atoms with Crippen molar-refractivity contribution < 1.29 is 24.2 Å². The van der Waals surface area contributed by atoms with Crippen molar-refractivity contribution in [3.05, 3.63) is 0 Å². The van der Waals surface area contributed by atoms with Gasteiger partial charge in [-0.3, -0.25) is 4.79 Å². The third-order valence-electron chi connectivity index (χ3n) is 2.54. The van der Waals surface area contributed by atoms with Gasteiger partial charge in [-0.25, -0.2) is 9.59 Å². The minimum Gasteiger partial charge on any atom is -0.479 e. The average molecular weight is 287 g/mol. The first-order chi connectivity index (χ1) is 9.19. The van der Waals surface area contributed by atoms with Crippen LogP contribution in [0, 0.1) is 0 Å². The summed E-state index contributed by atoms with van der Waals surface area (Å²) in [6.45, 7) is 5.81. The van der Waals surface area contributed by atoms with Gasteiger partial charge in [-0.05, 0) is 20.8 Å². The van der Waals surface area contributed by atoms with Crippen LogP contribution >= 0.6 is 0 Å². The Kier molecular flexibility index (Phi) is 5.32. The molecule has 0 aromatic rings. The van der Waals surface area contributed by atoms with Crippen molar-refractivity contribution in [1.82, 2.24) is 15.5 Å². The van der Waals surface area contributed by atoms with Crippen LogP contribution in [0.4, 0.5) is 4.79 Å². The topological polar surface area (TPSA) is 108 Å². The molecule has 3 N–H and O–H groups in total. The summed E-state index contributed by atoms with van der Waals surface area (Å²) in [4.78, 5) is 35.5. The average Bonchev–Trinajstić information content (AvgIpc) is 2.34. The fourth-order valence-electron chi connectivity index (χ4n) is 1.71. The summed E-state index contributed by atoms with van der Waals surface area (Å²) >= 11 is 0. The van der Waals surface area contributed by atoms with E-state index in [0.29, 0.717) is 6.54 Å². The molecule has 1 heterocycles. The van der Waals surface area contributed by atoms with Gasteiger partial charge in [-0.15, -0.1) is 0 Å². The van der Waals surface area contributed by atoms with Gasteiger partial charge in [0.05, 0.1) is 19.7 Å². The fraction of sp³-hybridized carbons (Fsp3) is 0.750. The van der Waals surface area contributed by atoms with Gasteiger partial charge in [-0.2, -0.15) is 0 Å². The van der Waals surface area contributed by atoms with E-state index in [1.54, 1.807) is 0 Å². The van der Waals surface area contributed by atoms with Crippen molar-refractivity contribution in [2.24, 2.45) is 0 Å².